The molecule has 8 heteroatoms. The number of carboxylic acids is 1. The summed E-state index contributed by atoms with van der Waals surface area (Å²) < 4.78 is 39.0. The number of nitrogens with zero attached hydrogens (tertiary/aromatic N) is 1. The number of carbonyl (C=O) groups excluding carboxylic acids is 1. The van der Waals surface area contributed by atoms with Gasteiger partial charge in [0.15, 0.2) is 0 Å². The quantitative estimate of drug-likeness (QED) is 0.876. The molecule has 2 N–H and O–H groups in total. The number of likely N-dealkylation sites (tertiary alicyclic amines) is 1. The molecule has 0 radical (unpaired) electrons. The van der Waals surface area contributed by atoms with E-state index in [1.807, 2.05) is 42.5 Å². The Bertz CT molecular complexity index is 838. The molecule has 2 aromatic carbocycles. The fourth-order valence-corrected chi connectivity index (χ4v) is 3.19. The average Bonchev–Trinajstić information content (AvgIpc) is 3.05. The summed E-state index contributed by atoms with van der Waals surface area (Å²) in [6.07, 6.45) is -4.66. The van der Waals surface area contributed by atoms with Gasteiger partial charge in [-0.25, -0.2) is 4.79 Å². The summed E-state index contributed by atoms with van der Waals surface area (Å²) in [5.41, 5.74) is 0.804. The molecule has 0 unspecified atom stereocenters. The third-order valence-corrected chi connectivity index (χ3v) is 4.60. The van der Waals surface area contributed by atoms with Gasteiger partial charge in [-0.2, -0.15) is 13.2 Å². The van der Waals surface area contributed by atoms with Gasteiger partial charge >= 0.3 is 18.2 Å². The van der Waals surface area contributed by atoms with E-state index in [4.69, 9.17) is 5.11 Å². The van der Waals surface area contributed by atoms with E-state index >= 15 is 0 Å². The standard InChI is InChI=1S/C18H17F3N2O3/c19-18(20,21)15-10-23(9-14(15)16(24)25)17(26)22-8-11-5-6-12-3-1-2-4-13(12)7-11/h1-7,14-15H,8-10H2,(H,22,26)(H,24,25)/t14-,15-/m1/s1. The fourth-order valence-electron chi connectivity index (χ4n) is 3.19. The predicted molar refractivity (Wildman–Crippen MR) is 88.4 cm³/mol. The lowest BCUT2D eigenvalue weighted by molar-refractivity contribution is -0.187. The van der Waals surface area contributed by atoms with E-state index in [2.05, 4.69) is 5.32 Å². The number of carbonyl (C=O) groups is 2. The van der Waals surface area contributed by atoms with Gasteiger partial charge in [0.25, 0.3) is 0 Å². The monoisotopic (exact) mass is 366 g/mol. The van der Waals surface area contributed by atoms with Gasteiger partial charge in [-0.1, -0.05) is 36.4 Å². The molecule has 0 aromatic heterocycles. The van der Waals surface area contributed by atoms with Crippen LogP contribution in [0.15, 0.2) is 42.5 Å². The molecule has 1 saturated heterocycles. The molecule has 2 amide bonds. The molecule has 138 valence electrons. The highest BCUT2D eigenvalue weighted by Crippen LogP contribution is 2.37. The number of aliphatic carboxylic acids is 1. The smallest absolute Gasteiger partial charge is 0.394 e. The van der Waals surface area contributed by atoms with Crippen LogP contribution in [0.4, 0.5) is 18.0 Å². The summed E-state index contributed by atoms with van der Waals surface area (Å²) in [6.45, 7) is -0.957. The highest BCUT2D eigenvalue weighted by molar-refractivity contribution is 5.83. The van der Waals surface area contributed by atoms with Gasteiger partial charge in [0.05, 0.1) is 11.8 Å². The second-order valence-corrected chi connectivity index (χ2v) is 6.34. The average molecular weight is 366 g/mol. The Hall–Kier alpha value is -2.77. The first kappa shape index (κ1) is 18.0. The van der Waals surface area contributed by atoms with Crippen LogP contribution in [-0.4, -0.2) is 41.3 Å². The third-order valence-electron chi connectivity index (χ3n) is 4.60. The zero-order valence-electron chi connectivity index (χ0n) is 13.7. The minimum atomic E-state index is -4.66. The molecule has 0 spiro atoms. The fraction of sp³-hybridized carbons (Fsp3) is 0.333. The van der Waals surface area contributed by atoms with Crippen LogP contribution in [-0.2, 0) is 11.3 Å². The van der Waals surface area contributed by atoms with Crippen molar-refractivity contribution < 1.29 is 27.9 Å². The zero-order chi connectivity index (χ0) is 18.9. The number of urea groups is 1. The van der Waals surface area contributed by atoms with E-state index < -0.39 is 43.1 Å². The Morgan fingerprint density at radius 2 is 1.81 bits per heavy atom. The maximum Gasteiger partial charge on any atom is 0.394 e. The van der Waals surface area contributed by atoms with Crippen LogP contribution in [0.2, 0.25) is 0 Å². The molecule has 0 aliphatic carbocycles. The summed E-state index contributed by atoms with van der Waals surface area (Å²) in [7, 11) is 0. The Morgan fingerprint density at radius 1 is 1.12 bits per heavy atom. The molecular weight excluding hydrogens is 349 g/mol. The molecule has 1 aliphatic rings. The van der Waals surface area contributed by atoms with Gasteiger partial charge in [0, 0.05) is 19.6 Å². The van der Waals surface area contributed by atoms with Crippen LogP contribution < -0.4 is 5.32 Å². The van der Waals surface area contributed by atoms with E-state index in [1.54, 1.807) is 0 Å². The lowest BCUT2D eigenvalue weighted by Gasteiger charge is -2.18. The number of nitrogens with one attached hydrogen (secondary N) is 1. The Labute approximate surface area is 147 Å². The first-order valence-electron chi connectivity index (χ1n) is 8.05. The lowest BCUT2D eigenvalue weighted by Crippen LogP contribution is -2.39. The van der Waals surface area contributed by atoms with Crippen LogP contribution in [0.25, 0.3) is 10.8 Å². The topological polar surface area (TPSA) is 69.6 Å². The number of halogens is 3. The maximum atomic E-state index is 13.0. The van der Waals surface area contributed by atoms with Crippen molar-refractivity contribution in [1.82, 2.24) is 10.2 Å². The lowest BCUT2D eigenvalue weighted by atomic mass is 9.96. The SMILES string of the molecule is O=C(O)[C@@H]1CN(C(=O)NCc2ccc3ccccc3c2)C[C@H]1C(F)(F)F. The van der Waals surface area contributed by atoms with Crippen molar-refractivity contribution in [2.75, 3.05) is 13.1 Å². The molecule has 26 heavy (non-hydrogen) atoms. The van der Waals surface area contributed by atoms with Gasteiger partial charge in [0.2, 0.25) is 0 Å². The number of fused-ring (bicyclic) bond motifs is 1. The number of benzene rings is 2. The van der Waals surface area contributed by atoms with Crippen molar-refractivity contribution in [2.45, 2.75) is 12.7 Å². The van der Waals surface area contributed by atoms with Crippen molar-refractivity contribution in [2.24, 2.45) is 11.8 Å². The van der Waals surface area contributed by atoms with Gasteiger partial charge in [-0.15, -0.1) is 0 Å². The summed E-state index contributed by atoms with van der Waals surface area (Å²) in [5.74, 6) is -5.23. The first-order chi connectivity index (χ1) is 12.3. The number of hydrogen-bond donors (Lipinski definition) is 2. The minimum Gasteiger partial charge on any atom is -0.481 e. The Balaban J connectivity index is 1.65. The van der Waals surface area contributed by atoms with Crippen LogP contribution in [0, 0.1) is 11.8 Å². The van der Waals surface area contributed by atoms with Gasteiger partial charge in [-0.3, -0.25) is 4.79 Å². The normalized spacial score (nSPS) is 20.3. The summed E-state index contributed by atoms with van der Waals surface area (Å²) >= 11 is 0. The molecule has 1 aliphatic heterocycles. The van der Waals surface area contributed by atoms with E-state index in [1.165, 1.54) is 0 Å². The molecule has 2 atom stereocenters. The van der Waals surface area contributed by atoms with Gasteiger partial charge in [-0.05, 0) is 22.4 Å². The Morgan fingerprint density at radius 3 is 2.42 bits per heavy atom. The molecular formula is C18H17F3N2O3. The molecule has 3 rings (SSSR count). The molecule has 1 heterocycles. The van der Waals surface area contributed by atoms with Crippen molar-refractivity contribution >= 4 is 22.8 Å². The molecule has 0 saturated carbocycles. The second kappa shape index (κ2) is 6.86. The first-order valence-corrected chi connectivity index (χ1v) is 8.05. The summed E-state index contributed by atoms with van der Waals surface area (Å²) in [6, 6.07) is 12.6. The van der Waals surface area contributed by atoms with Crippen LogP contribution in [0.3, 0.4) is 0 Å². The van der Waals surface area contributed by atoms with E-state index in [0.29, 0.717) is 0 Å². The number of alkyl halides is 3. The van der Waals surface area contributed by atoms with E-state index in [-0.39, 0.29) is 6.54 Å². The number of rotatable bonds is 3. The van der Waals surface area contributed by atoms with Gasteiger partial charge in [0.1, 0.15) is 0 Å². The van der Waals surface area contributed by atoms with Crippen LogP contribution in [0.1, 0.15) is 5.56 Å². The van der Waals surface area contributed by atoms with E-state index in [9.17, 15) is 22.8 Å². The van der Waals surface area contributed by atoms with Crippen LogP contribution >= 0.6 is 0 Å². The van der Waals surface area contributed by atoms with Crippen molar-refractivity contribution in [3.63, 3.8) is 0 Å². The minimum absolute atomic E-state index is 0.147. The summed E-state index contributed by atoms with van der Waals surface area (Å²) in [4.78, 5) is 24.2. The molecule has 1 fully saturated rings. The zero-order valence-corrected chi connectivity index (χ0v) is 13.7. The highest BCUT2D eigenvalue weighted by Gasteiger charge is 2.53. The maximum absolute atomic E-state index is 13.0. The van der Waals surface area contributed by atoms with Crippen molar-refractivity contribution in [3.05, 3.63) is 48.0 Å². The largest absolute Gasteiger partial charge is 0.481 e. The summed E-state index contributed by atoms with van der Waals surface area (Å²) in [5, 5.41) is 13.6. The second-order valence-electron chi connectivity index (χ2n) is 6.34. The van der Waals surface area contributed by atoms with Crippen molar-refractivity contribution in [1.29, 1.82) is 0 Å². The highest BCUT2D eigenvalue weighted by atomic mass is 19.4. The number of carboxylic acid groups (broad SMARTS) is 1. The third kappa shape index (κ3) is 3.74. The van der Waals surface area contributed by atoms with Crippen molar-refractivity contribution in [3.8, 4) is 0 Å². The Kier molecular flexibility index (Phi) is 4.76. The predicted octanol–water partition coefficient (Wildman–Crippen LogP) is 3.24. The molecule has 5 nitrogen and oxygen atoms in total. The molecule has 2 aromatic rings. The number of hydrogen-bond acceptors (Lipinski definition) is 2. The van der Waals surface area contributed by atoms with Gasteiger partial charge < -0.3 is 15.3 Å². The van der Waals surface area contributed by atoms with Crippen LogP contribution in [0.5, 0.6) is 0 Å². The molecule has 0 bridgehead atoms. The van der Waals surface area contributed by atoms with E-state index in [0.717, 1.165) is 21.2 Å². The number of amides is 2.